The van der Waals surface area contributed by atoms with Gasteiger partial charge in [0.2, 0.25) is 11.8 Å². The Labute approximate surface area is 162 Å². The number of carbonyl (C=O) groups excluding carboxylic acids is 2. The minimum Gasteiger partial charge on any atom is -0.323 e. The van der Waals surface area contributed by atoms with E-state index in [1.807, 2.05) is 54.6 Å². The fourth-order valence-electron chi connectivity index (χ4n) is 3.52. The summed E-state index contributed by atoms with van der Waals surface area (Å²) < 4.78 is 13.8. The molecule has 0 radical (unpaired) electrons. The number of carbonyl (C=O) groups is 2. The molecule has 0 aromatic heterocycles. The Bertz CT molecular complexity index is 1020. The summed E-state index contributed by atoms with van der Waals surface area (Å²) in [6, 6.07) is 23.4. The van der Waals surface area contributed by atoms with Crippen LogP contribution in [-0.4, -0.2) is 18.4 Å². The third kappa shape index (κ3) is 3.39. The number of nitrogens with one attached hydrogen (secondary N) is 1. The van der Waals surface area contributed by atoms with Crippen LogP contribution in [0.2, 0.25) is 0 Å². The highest BCUT2D eigenvalue weighted by Gasteiger charge is 2.38. The molecule has 140 valence electrons. The Balaban J connectivity index is 1.57. The Morgan fingerprint density at radius 3 is 2.39 bits per heavy atom. The van der Waals surface area contributed by atoms with E-state index in [1.54, 1.807) is 17.0 Å². The van der Waals surface area contributed by atoms with Crippen LogP contribution in [0.5, 0.6) is 0 Å². The van der Waals surface area contributed by atoms with Gasteiger partial charge in [0.1, 0.15) is 11.7 Å². The van der Waals surface area contributed by atoms with Crippen LogP contribution in [0.4, 0.5) is 15.8 Å². The van der Waals surface area contributed by atoms with Crippen LogP contribution in [0, 0.1) is 11.7 Å². The molecule has 0 aliphatic carbocycles. The number of hydrogen-bond donors (Lipinski definition) is 1. The number of hydrogen-bond acceptors (Lipinski definition) is 2. The lowest BCUT2D eigenvalue weighted by molar-refractivity contribution is -0.129. The van der Waals surface area contributed by atoms with E-state index in [-0.39, 0.29) is 11.6 Å². The summed E-state index contributed by atoms with van der Waals surface area (Å²) >= 11 is 0. The van der Waals surface area contributed by atoms with E-state index < -0.39 is 17.6 Å². The molecule has 5 heteroatoms. The molecule has 28 heavy (non-hydrogen) atoms. The molecule has 0 spiro atoms. The Hall–Kier alpha value is -3.47. The van der Waals surface area contributed by atoms with Crippen molar-refractivity contribution in [2.75, 3.05) is 16.8 Å². The van der Waals surface area contributed by atoms with E-state index in [1.165, 1.54) is 12.1 Å². The number of anilines is 2. The summed E-state index contributed by atoms with van der Waals surface area (Å²) in [6.07, 6.45) is 0.391. The molecule has 1 saturated heterocycles. The van der Waals surface area contributed by atoms with Gasteiger partial charge >= 0.3 is 0 Å². The molecule has 0 saturated carbocycles. The van der Waals surface area contributed by atoms with E-state index in [0.29, 0.717) is 13.0 Å². The van der Waals surface area contributed by atoms with Crippen LogP contribution in [0.1, 0.15) is 6.42 Å². The first-order valence-corrected chi connectivity index (χ1v) is 9.16. The molecule has 4 rings (SSSR count). The van der Waals surface area contributed by atoms with Crippen LogP contribution in [-0.2, 0) is 9.59 Å². The van der Waals surface area contributed by atoms with E-state index in [4.69, 9.17) is 0 Å². The van der Waals surface area contributed by atoms with E-state index in [9.17, 15) is 14.0 Å². The fraction of sp³-hybridized carbons (Fsp3) is 0.130. The van der Waals surface area contributed by atoms with Crippen molar-refractivity contribution < 1.29 is 14.0 Å². The first kappa shape index (κ1) is 17.9. The number of para-hydroxylation sites is 2. The largest absolute Gasteiger partial charge is 0.323 e. The minimum absolute atomic E-state index is 0.0865. The average Bonchev–Trinajstić information content (AvgIpc) is 3.11. The molecule has 4 nitrogen and oxygen atoms in total. The highest BCUT2D eigenvalue weighted by molar-refractivity contribution is 6.14. The van der Waals surface area contributed by atoms with Gasteiger partial charge in [-0.05, 0) is 30.2 Å². The number of halogens is 1. The molecule has 1 aliphatic rings. The van der Waals surface area contributed by atoms with Crippen LogP contribution < -0.4 is 10.2 Å². The topological polar surface area (TPSA) is 49.4 Å². The standard InChI is InChI=1S/C23H19FN2O2/c24-19-11-5-6-12-20(19)25-22(27)18-14-15-26(23(18)28)21-13-7-4-10-17(21)16-8-2-1-3-9-16/h1-13,18H,14-15H2,(H,25,27). The molecule has 1 atom stereocenters. The number of nitrogens with zero attached hydrogens (tertiary/aromatic N) is 1. The summed E-state index contributed by atoms with van der Waals surface area (Å²) in [7, 11) is 0. The summed E-state index contributed by atoms with van der Waals surface area (Å²) in [4.78, 5) is 27.2. The molecule has 2 amide bonds. The molecule has 1 aliphatic heterocycles. The minimum atomic E-state index is -0.830. The van der Waals surface area contributed by atoms with Gasteiger partial charge in [-0.25, -0.2) is 4.39 Å². The molecular weight excluding hydrogens is 355 g/mol. The lowest BCUT2D eigenvalue weighted by atomic mass is 10.0. The van der Waals surface area contributed by atoms with Crippen LogP contribution in [0.15, 0.2) is 78.9 Å². The third-order valence-corrected chi connectivity index (χ3v) is 4.93. The van der Waals surface area contributed by atoms with Gasteiger partial charge in [-0.15, -0.1) is 0 Å². The first-order valence-electron chi connectivity index (χ1n) is 9.16. The second kappa shape index (κ2) is 7.64. The van der Waals surface area contributed by atoms with E-state index >= 15 is 0 Å². The maximum atomic E-state index is 13.8. The van der Waals surface area contributed by atoms with E-state index in [2.05, 4.69) is 5.32 Å². The lowest BCUT2D eigenvalue weighted by Gasteiger charge is -2.20. The number of amides is 2. The zero-order chi connectivity index (χ0) is 19.5. The summed E-state index contributed by atoms with van der Waals surface area (Å²) in [5.41, 5.74) is 2.81. The first-order chi connectivity index (χ1) is 13.6. The monoisotopic (exact) mass is 374 g/mol. The lowest BCUT2D eigenvalue weighted by Crippen LogP contribution is -2.33. The second-order valence-corrected chi connectivity index (χ2v) is 6.68. The Morgan fingerprint density at radius 2 is 1.61 bits per heavy atom. The van der Waals surface area contributed by atoms with Crippen LogP contribution >= 0.6 is 0 Å². The molecule has 1 fully saturated rings. The van der Waals surface area contributed by atoms with Crippen molar-refractivity contribution in [2.45, 2.75) is 6.42 Å². The van der Waals surface area contributed by atoms with Crippen molar-refractivity contribution in [1.29, 1.82) is 0 Å². The highest BCUT2D eigenvalue weighted by atomic mass is 19.1. The maximum Gasteiger partial charge on any atom is 0.239 e. The maximum absolute atomic E-state index is 13.8. The average molecular weight is 374 g/mol. The van der Waals surface area contributed by atoms with Gasteiger partial charge in [0.15, 0.2) is 0 Å². The van der Waals surface area contributed by atoms with Crippen LogP contribution in [0.3, 0.4) is 0 Å². The highest BCUT2D eigenvalue weighted by Crippen LogP contribution is 2.34. The van der Waals surface area contributed by atoms with Crippen LogP contribution in [0.25, 0.3) is 11.1 Å². The molecule has 1 heterocycles. The van der Waals surface area contributed by atoms with Crippen molar-refractivity contribution in [2.24, 2.45) is 5.92 Å². The SMILES string of the molecule is O=C(Nc1ccccc1F)C1CCN(c2ccccc2-c2ccccc2)C1=O. The second-order valence-electron chi connectivity index (χ2n) is 6.68. The van der Waals surface area contributed by atoms with Crippen molar-refractivity contribution >= 4 is 23.2 Å². The van der Waals surface area contributed by atoms with Gasteiger partial charge in [0.25, 0.3) is 0 Å². The Kier molecular flexibility index (Phi) is 4.89. The van der Waals surface area contributed by atoms with Gasteiger partial charge in [-0.3, -0.25) is 9.59 Å². The molecule has 3 aromatic carbocycles. The van der Waals surface area contributed by atoms with Gasteiger partial charge < -0.3 is 10.2 Å². The van der Waals surface area contributed by atoms with Gasteiger partial charge in [0, 0.05) is 12.1 Å². The fourth-order valence-corrected chi connectivity index (χ4v) is 3.52. The van der Waals surface area contributed by atoms with Gasteiger partial charge in [-0.1, -0.05) is 60.7 Å². The zero-order valence-electron chi connectivity index (χ0n) is 15.1. The van der Waals surface area contributed by atoms with Gasteiger partial charge in [-0.2, -0.15) is 0 Å². The molecule has 3 aromatic rings. The molecule has 1 N–H and O–H groups in total. The van der Waals surface area contributed by atoms with Gasteiger partial charge in [0.05, 0.1) is 11.4 Å². The number of benzene rings is 3. The van der Waals surface area contributed by atoms with Crippen molar-refractivity contribution in [3.8, 4) is 11.1 Å². The normalized spacial score (nSPS) is 16.2. The predicted molar refractivity (Wildman–Crippen MR) is 107 cm³/mol. The van der Waals surface area contributed by atoms with E-state index in [0.717, 1.165) is 16.8 Å². The van der Waals surface area contributed by atoms with Crippen molar-refractivity contribution in [3.05, 3.63) is 84.7 Å². The Morgan fingerprint density at radius 1 is 0.929 bits per heavy atom. The van der Waals surface area contributed by atoms with Crippen molar-refractivity contribution in [3.63, 3.8) is 0 Å². The molecular formula is C23H19FN2O2. The zero-order valence-corrected chi connectivity index (χ0v) is 15.1. The summed E-state index contributed by atoms with van der Waals surface area (Å²) in [5, 5.41) is 2.54. The van der Waals surface area contributed by atoms with Crippen molar-refractivity contribution in [1.82, 2.24) is 0 Å². The summed E-state index contributed by atoms with van der Waals surface area (Å²) in [6.45, 7) is 0.442. The smallest absolute Gasteiger partial charge is 0.239 e. The third-order valence-electron chi connectivity index (χ3n) is 4.93. The summed E-state index contributed by atoms with van der Waals surface area (Å²) in [5.74, 6) is -2.09. The quantitative estimate of drug-likeness (QED) is 0.685. The predicted octanol–water partition coefficient (Wildman–Crippen LogP) is 4.48. The molecule has 1 unspecified atom stereocenters. The number of rotatable bonds is 4. The molecule has 0 bridgehead atoms.